The number of carbonyl (C=O) groups excluding carboxylic acids is 4. The average Bonchev–Trinajstić information content (AvgIpc) is 2.86. The molecule has 0 aliphatic carbocycles. The maximum Gasteiger partial charge on any atom is 0.408 e. The van der Waals surface area contributed by atoms with Gasteiger partial charge < -0.3 is 25.0 Å². The van der Waals surface area contributed by atoms with E-state index in [1.807, 2.05) is 36.4 Å². The van der Waals surface area contributed by atoms with Crippen molar-refractivity contribution < 1.29 is 28.7 Å². The van der Waals surface area contributed by atoms with Crippen molar-refractivity contribution in [1.29, 1.82) is 5.26 Å². The molecule has 0 radical (unpaired) electrons. The second-order valence-corrected chi connectivity index (χ2v) is 11.6. The normalized spacial score (nSPS) is 13.5. The van der Waals surface area contributed by atoms with E-state index in [0.717, 1.165) is 10.5 Å². The van der Waals surface area contributed by atoms with Crippen molar-refractivity contribution >= 4 is 23.9 Å². The number of amides is 3. The van der Waals surface area contributed by atoms with Crippen LogP contribution in [0.15, 0.2) is 60.7 Å². The van der Waals surface area contributed by atoms with Crippen molar-refractivity contribution in [3.05, 3.63) is 71.8 Å². The molecule has 41 heavy (non-hydrogen) atoms. The van der Waals surface area contributed by atoms with Gasteiger partial charge in [0.05, 0.1) is 6.07 Å². The van der Waals surface area contributed by atoms with E-state index in [-0.39, 0.29) is 6.42 Å². The summed E-state index contributed by atoms with van der Waals surface area (Å²) < 4.78 is 10.8. The lowest BCUT2D eigenvalue weighted by Crippen LogP contribution is -2.54. The van der Waals surface area contributed by atoms with Crippen LogP contribution in [0.4, 0.5) is 4.79 Å². The van der Waals surface area contributed by atoms with Gasteiger partial charge in [-0.25, -0.2) is 9.59 Å². The van der Waals surface area contributed by atoms with Gasteiger partial charge in [-0.05, 0) is 59.6 Å². The fourth-order valence-electron chi connectivity index (χ4n) is 3.94. The van der Waals surface area contributed by atoms with Crippen molar-refractivity contribution in [2.24, 2.45) is 0 Å². The van der Waals surface area contributed by atoms with E-state index in [2.05, 4.69) is 10.6 Å². The summed E-state index contributed by atoms with van der Waals surface area (Å²) in [7, 11) is 0. The molecule has 2 N–H and O–H groups in total. The zero-order valence-corrected chi connectivity index (χ0v) is 24.8. The number of benzene rings is 2. The zero-order chi connectivity index (χ0) is 30.8. The third-order valence-electron chi connectivity index (χ3n) is 5.59. The topological polar surface area (TPSA) is 138 Å². The molecule has 0 saturated carbocycles. The van der Waals surface area contributed by atoms with Crippen molar-refractivity contribution in [2.45, 2.75) is 84.2 Å². The number of hydrogen-bond donors (Lipinski definition) is 2. The van der Waals surface area contributed by atoms with Crippen LogP contribution in [0.25, 0.3) is 0 Å². The van der Waals surface area contributed by atoms with E-state index in [1.165, 1.54) is 6.92 Å². The Morgan fingerprint density at radius 1 is 0.854 bits per heavy atom. The molecule has 10 heteroatoms. The molecule has 10 nitrogen and oxygen atoms in total. The Morgan fingerprint density at radius 3 is 1.90 bits per heavy atom. The largest absolute Gasteiger partial charge is 0.458 e. The first-order chi connectivity index (χ1) is 19.1. The molecule has 0 aliphatic rings. The summed E-state index contributed by atoms with van der Waals surface area (Å²) in [5.74, 6) is -2.01. The van der Waals surface area contributed by atoms with Gasteiger partial charge in [-0.1, -0.05) is 60.7 Å². The summed E-state index contributed by atoms with van der Waals surface area (Å²) in [5, 5.41) is 14.8. The molecule has 2 rings (SSSR count). The number of esters is 1. The molecule has 0 aromatic heterocycles. The quantitative estimate of drug-likeness (QED) is 0.328. The highest BCUT2D eigenvalue weighted by molar-refractivity contribution is 5.94. The van der Waals surface area contributed by atoms with Gasteiger partial charge in [-0.15, -0.1) is 0 Å². The lowest BCUT2D eigenvalue weighted by Gasteiger charge is -2.33. The number of hydrogen-bond acceptors (Lipinski definition) is 7. The van der Waals surface area contributed by atoms with Crippen LogP contribution in [0, 0.1) is 11.3 Å². The van der Waals surface area contributed by atoms with Gasteiger partial charge in [-0.2, -0.15) is 5.26 Å². The van der Waals surface area contributed by atoms with Crippen molar-refractivity contribution in [2.75, 3.05) is 6.54 Å². The first kappa shape index (κ1) is 32.8. The third-order valence-corrected chi connectivity index (χ3v) is 5.59. The fraction of sp³-hybridized carbons (Fsp3) is 0.452. The van der Waals surface area contributed by atoms with E-state index in [0.29, 0.717) is 5.56 Å². The molecule has 0 heterocycles. The summed E-state index contributed by atoms with van der Waals surface area (Å²) in [6.45, 7) is 11.2. The molecule has 0 fully saturated rings. The first-order valence-electron chi connectivity index (χ1n) is 13.4. The van der Waals surface area contributed by atoms with Gasteiger partial charge in [0, 0.05) is 6.42 Å². The number of nitriles is 1. The van der Waals surface area contributed by atoms with Crippen LogP contribution in [0.3, 0.4) is 0 Å². The van der Waals surface area contributed by atoms with Crippen LogP contribution in [0.1, 0.15) is 65.6 Å². The van der Waals surface area contributed by atoms with Gasteiger partial charge in [-0.3, -0.25) is 9.59 Å². The number of alkyl carbamates (subject to hydrolysis) is 1. The lowest BCUT2D eigenvalue weighted by atomic mass is 10.0. The monoisotopic (exact) mass is 564 g/mol. The summed E-state index contributed by atoms with van der Waals surface area (Å²) in [5.41, 5.74) is -0.386. The fourth-order valence-corrected chi connectivity index (χ4v) is 3.94. The molecule has 3 unspecified atom stereocenters. The molecule has 3 atom stereocenters. The minimum Gasteiger partial charge on any atom is -0.458 e. The van der Waals surface area contributed by atoms with E-state index in [9.17, 15) is 24.4 Å². The van der Waals surface area contributed by atoms with Gasteiger partial charge in [0.25, 0.3) is 0 Å². The minimum atomic E-state index is -1.29. The standard InChI is InChI=1S/C31H40N4O6/c1-21(33-29(39)41-31(5,6)7)27(37)35(19-18-32)25(23-16-12-9-13-17-23)26(36)34-24(28(38)40-30(2,3)4)20-22-14-10-8-11-15-22/h8-17,21,24-25H,19-20H2,1-7H3,(H,33,39)(H,34,36). The van der Waals surface area contributed by atoms with Gasteiger partial charge in [0.1, 0.15) is 35.9 Å². The second-order valence-electron chi connectivity index (χ2n) is 11.6. The summed E-state index contributed by atoms with van der Waals surface area (Å²) in [4.78, 5) is 54.1. The molecule has 220 valence electrons. The van der Waals surface area contributed by atoms with Crippen LogP contribution in [0.5, 0.6) is 0 Å². The number of nitrogens with zero attached hydrogens (tertiary/aromatic N) is 2. The Kier molecular flexibility index (Phi) is 11.4. The summed E-state index contributed by atoms with van der Waals surface area (Å²) in [6, 6.07) is 16.0. The first-order valence-corrected chi connectivity index (χ1v) is 13.4. The Labute approximate surface area is 242 Å². The molecule has 2 aromatic rings. The highest BCUT2D eigenvalue weighted by atomic mass is 16.6. The Hall–Kier alpha value is -4.39. The van der Waals surface area contributed by atoms with Crippen LogP contribution >= 0.6 is 0 Å². The Morgan fingerprint density at radius 2 is 1.39 bits per heavy atom. The highest BCUT2D eigenvalue weighted by Gasteiger charge is 2.37. The highest BCUT2D eigenvalue weighted by Crippen LogP contribution is 2.23. The molecular formula is C31H40N4O6. The molecule has 0 saturated heterocycles. The summed E-state index contributed by atoms with van der Waals surface area (Å²) in [6.07, 6.45) is -0.671. The van der Waals surface area contributed by atoms with Crippen molar-refractivity contribution in [1.82, 2.24) is 15.5 Å². The maximum atomic E-state index is 13.9. The van der Waals surface area contributed by atoms with E-state index in [1.54, 1.807) is 71.9 Å². The Balaban J connectivity index is 2.44. The predicted molar refractivity (Wildman–Crippen MR) is 153 cm³/mol. The SMILES string of the molecule is CC(NC(=O)OC(C)(C)C)C(=O)N(CC#N)C(C(=O)NC(Cc1ccccc1)C(=O)OC(C)(C)C)c1ccccc1. The van der Waals surface area contributed by atoms with Crippen LogP contribution < -0.4 is 10.6 Å². The minimum absolute atomic E-state index is 0.145. The molecule has 2 aromatic carbocycles. The average molecular weight is 565 g/mol. The zero-order valence-electron chi connectivity index (χ0n) is 24.8. The predicted octanol–water partition coefficient (Wildman–Crippen LogP) is 4.06. The number of nitrogens with one attached hydrogen (secondary N) is 2. The summed E-state index contributed by atoms with van der Waals surface area (Å²) >= 11 is 0. The van der Waals surface area contributed by atoms with Gasteiger partial charge in [0.15, 0.2) is 0 Å². The molecule has 0 aliphatic heterocycles. The number of rotatable bonds is 10. The van der Waals surface area contributed by atoms with Crippen LogP contribution in [0.2, 0.25) is 0 Å². The molecule has 0 bridgehead atoms. The maximum absolute atomic E-state index is 13.9. The van der Waals surface area contributed by atoms with Gasteiger partial charge >= 0.3 is 12.1 Å². The van der Waals surface area contributed by atoms with E-state index < -0.39 is 59.7 Å². The lowest BCUT2D eigenvalue weighted by molar-refractivity contribution is -0.159. The third kappa shape index (κ3) is 11.0. The van der Waals surface area contributed by atoms with Crippen LogP contribution in [-0.2, 0) is 30.3 Å². The number of carbonyl (C=O) groups is 4. The van der Waals surface area contributed by atoms with E-state index >= 15 is 0 Å². The molecular weight excluding hydrogens is 524 g/mol. The van der Waals surface area contributed by atoms with Crippen molar-refractivity contribution in [3.63, 3.8) is 0 Å². The second kappa shape index (κ2) is 14.3. The molecule has 3 amide bonds. The Bertz CT molecular complexity index is 1230. The number of ether oxygens (including phenoxy) is 2. The van der Waals surface area contributed by atoms with Crippen LogP contribution in [-0.4, -0.2) is 58.6 Å². The van der Waals surface area contributed by atoms with Gasteiger partial charge in [0.2, 0.25) is 11.8 Å². The van der Waals surface area contributed by atoms with Crippen molar-refractivity contribution in [3.8, 4) is 6.07 Å². The molecule has 0 spiro atoms. The van der Waals surface area contributed by atoms with E-state index in [4.69, 9.17) is 9.47 Å². The smallest absolute Gasteiger partial charge is 0.408 e.